The molecule has 0 atom stereocenters. The highest BCUT2D eigenvalue weighted by molar-refractivity contribution is 14.1. The van der Waals surface area contributed by atoms with Crippen molar-refractivity contribution in [2.45, 2.75) is 32.9 Å². The van der Waals surface area contributed by atoms with Gasteiger partial charge in [0.2, 0.25) is 0 Å². The van der Waals surface area contributed by atoms with Crippen molar-refractivity contribution in [3.05, 3.63) is 37.4 Å². The number of benzene rings is 1. The third-order valence-corrected chi connectivity index (χ3v) is 2.74. The van der Waals surface area contributed by atoms with Gasteiger partial charge in [0, 0.05) is 15.2 Å². The second-order valence-electron chi connectivity index (χ2n) is 4.89. The number of amides is 1. The van der Waals surface area contributed by atoms with Crippen molar-refractivity contribution in [3.8, 4) is 0 Å². The Kier molecular flexibility index (Phi) is 5.10. The van der Waals surface area contributed by atoms with Crippen LogP contribution in [-0.2, 0) is 11.3 Å². The first-order chi connectivity index (χ1) is 8.69. The predicted octanol–water partition coefficient (Wildman–Crippen LogP) is 3.22. The number of carbonyl (C=O) groups excluding carboxylic acids is 1. The molecule has 104 valence electrons. The third kappa shape index (κ3) is 5.41. The summed E-state index contributed by atoms with van der Waals surface area (Å²) in [6.45, 7) is 5.31. The Hall–Kier alpha value is -1.38. The number of hydrogen-bond donors (Lipinski definition) is 1. The van der Waals surface area contributed by atoms with Gasteiger partial charge in [0.25, 0.3) is 5.69 Å². The zero-order valence-electron chi connectivity index (χ0n) is 10.9. The molecule has 0 bridgehead atoms. The van der Waals surface area contributed by atoms with E-state index >= 15 is 0 Å². The average molecular weight is 378 g/mol. The highest BCUT2D eigenvalue weighted by Crippen LogP contribution is 2.21. The Balaban J connectivity index is 2.73. The van der Waals surface area contributed by atoms with Crippen LogP contribution in [0.15, 0.2) is 18.2 Å². The number of halogens is 1. The van der Waals surface area contributed by atoms with Gasteiger partial charge in [-0.3, -0.25) is 10.1 Å². The Labute approximate surface area is 124 Å². The Bertz CT molecular complexity index is 497. The molecule has 0 aromatic heterocycles. The lowest BCUT2D eigenvalue weighted by Gasteiger charge is -2.19. The number of alkyl carbamates (subject to hydrolysis) is 1. The minimum Gasteiger partial charge on any atom is -0.444 e. The summed E-state index contributed by atoms with van der Waals surface area (Å²) in [5.41, 5.74) is -0.165. The van der Waals surface area contributed by atoms with Crippen LogP contribution in [0.5, 0.6) is 0 Å². The molecular weight excluding hydrogens is 363 g/mol. The summed E-state index contributed by atoms with van der Waals surface area (Å²) in [4.78, 5) is 21.9. The molecule has 1 aromatic carbocycles. The van der Waals surface area contributed by atoms with Crippen LogP contribution >= 0.6 is 22.6 Å². The maximum absolute atomic E-state index is 11.5. The number of hydrogen-bond acceptors (Lipinski definition) is 4. The Morgan fingerprint density at radius 1 is 1.47 bits per heavy atom. The largest absolute Gasteiger partial charge is 0.444 e. The van der Waals surface area contributed by atoms with Gasteiger partial charge in [0.05, 0.1) is 11.5 Å². The summed E-state index contributed by atoms with van der Waals surface area (Å²) in [5.74, 6) is 0. The summed E-state index contributed by atoms with van der Waals surface area (Å²) in [5, 5.41) is 13.4. The zero-order chi connectivity index (χ0) is 14.6. The van der Waals surface area contributed by atoms with E-state index in [0.717, 1.165) is 3.57 Å². The molecule has 0 saturated carbocycles. The summed E-state index contributed by atoms with van der Waals surface area (Å²) in [7, 11) is 0. The summed E-state index contributed by atoms with van der Waals surface area (Å²) >= 11 is 2.00. The molecule has 0 spiro atoms. The number of nitro groups is 1. The number of nitrogens with one attached hydrogen (secondary N) is 1. The highest BCUT2D eigenvalue weighted by atomic mass is 127. The van der Waals surface area contributed by atoms with Crippen molar-refractivity contribution >= 4 is 34.4 Å². The molecule has 0 unspecified atom stereocenters. The van der Waals surface area contributed by atoms with Gasteiger partial charge in [-0.05, 0) is 55.5 Å². The van der Waals surface area contributed by atoms with Gasteiger partial charge in [0.1, 0.15) is 5.60 Å². The Morgan fingerprint density at radius 2 is 2.11 bits per heavy atom. The minimum absolute atomic E-state index is 0.0111. The molecule has 0 heterocycles. The first-order valence-electron chi connectivity index (χ1n) is 5.59. The van der Waals surface area contributed by atoms with Crippen molar-refractivity contribution in [2.24, 2.45) is 0 Å². The number of carbonyl (C=O) groups is 1. The van der Waals surface area contributed by atoms with Gasteiger partial charge >= 0.3 is 6.09 Å². The van der Waals surface area contributed by atoms with Crippen LogP contribution in [0.25, 0.3) is 0 Å². The van der Waals surface area contributed by atoms with Gasteiger partial charge in [-0.25, -0.2) is 4.79 Å². The number of rotatable bonds is 3. The normalized spacial score (nSPS) is 10.9. The molecule has 0 aliphatic heterocycles. The van der Waals surface area contributed by atoms with E-state index in [4.69, 9.17) is 4.74 Å². The molecule has 6 nitrogen and oxygen atoms in total. The van der Waals surface area contributed by atoms with E-state index in [1.54, 1.807) is 32.9 Å². The van der Waals surface area contributed by atoms with Crippen molar-refractivity contribution in [1.82, 2.24) is 5.32 Å². The first-order valence-corrected chi connectivity index (χ1v) is 6.66. The SMILES string of the molecule is CC(C)(C)OC(=O)NCc1ccc(I)cc1[N+](=O)[O-]. The fourth-order valence-corrected chi connectivity index (χ4v) is 1.81. The molecule has 0 saturated heterocycles. The van der Waals surface area contributed by atoms with E-state index in [9.17, 15) is 14.9 Å². The lowest BCUT2D eigenvalue weighted by molar-refractivity contribution is -0.385. The van der Waals surface area contributed by atoms with Crippen molar-refractivity contribution in [3.63, 3.8) is 0 Å². The third-order valence-electron chi connectivity index (χ3n) is 2.07. The van der Waals surface area contributed by atoms with Crippen molar-refractivity contribution < 1.29 is 14.5 Å². The van der Waals surface area contributed by atoms with Gasteiger partial charge in [-0.15, -0.1) is 0 Å². The standard InChI is InChI=1S/C12H15IN2O4/c1-12(2,3)19-11(16)14-7-8-4-5-9(13)6-10(8)15(17)18/h4-6H,7H2,1-3H3,(H,14,16). The van der Waals surface area contributed by atoms with E-state index in [-0.39, 0.29) is 12.2 Å². The fourth-order valence-electron chi connectivity index (χ4n) is 1.34. The average Bonchev–Trinajstić information content (AvgIpc) is 2.24. The van der Waals surface area contributed by atoms with Crippen LogP contribution in [0.4, 0.5) is 10.5 Å². The molecule has 0 radical (unpaired) electrons. The second kappa shape index (κ2) is 6.18. The molecule has 1 N–H and O–H groups in total. The molecule has 0 fully saturated rings. The number of nitrogens with zero attached hydrogens (tertiary/aromatic N) is 1. The van der Waals surface area contributed by atoms with Crippen LogP contribution in [0, 0.1) is 13.7 Å². The van der Waals surface area contributed by atoms with E-state index in [0.29, 0.717) is 5.56 Å². The molecule has 1 rings (SSSR count). The maximum Gasteiger partial charge on any atom is 0.407 e. The van der Waals surface area contributed by atoms with E-state index in [1.807, 2.05) is 22.6 Å². The summed E-state index contributed by atoms with van der Waals surface area (Å²) in [6, 6.07) is 4.84. The second-order valence-corrected chi connectivity index (χ2v) is 6.13. The fraction of sp³-hybridized carbons (Fsp3) is 0.417. The predicted molar refractivity (Wildman–Crippen MR) is 78.9 cm³/mol. The monoisotopic (exact) mass is 378 g/mol. The van der Waals surface area contributed by atoms with Crippen molar-refractivity contribution in [1.29, 1.82) is 0 Å². The van der Waals surface area contributed by atoms with Crippen LogP contribution in [0.3, 0.4) is 0 Å². The molecule has 0 aliphatic carbocycles. The molecule has 1 amide bonds. The topological polar surface area (TPSA) is 81.5 Å². The van der Waals surface area contributed by atoms with Crippen LogP contribution < -0.4 is 5.32 Å². The Morgan fingerprint density at radius 3 is 2.63 bits per heavy atom. The first kappa shape index (κ1) is 15.7. The lowest BCUT2D eigenvalue weighted by Crippen LogP contribution is -2.32. The quantitative estimate of drug-likeness (QED) is 0.498. The van der Waals surface area contributed by atoms with Crippen LogP contribution in [0.1, 0.15) is 26.3 Å². The smallest absolute Gasteiger partial charge is 0.407 e. The molecule has 19 heavy (non-hydrogen) atoms. The number of nitro benzene ring substituents is 1. The highest BCUT2D eigenvalue weighted by Gasteiger charge is 2.18. The van der Waals surface area contributed by atoms with Gasteiger partial charge in [0.15, 0.2) is 0 Å². The summed E-state index contributed by atoms with van der Waals surface area (Å²) < 4.78 is 5.83. The molecule has 7 heteroatoms. The van der Waals surface area contributed by atoms with Crippen LogP contribution in [0.2, 0.25) is 0 Å². The lowest BCUT2D eigenvalue weighted by atomic mass is 10.2. The van der Waals surface area contributed by atoms with Gasteiger partial charge in [-0.2, -0.15) is 0 Å². The van der Waals surface area contributed by atoms with E-state index in [2.05, 4.69) is 5.32 Å². The van der Waals surface area contributed by atoms with Crippen molar-refractivity contribution in [2.75, 3.05) is 0 Å². The van der Waals surface area contributed by atoms with Crippen LogP contribution in [-0.4, -0.2) is 16.6 Å². The van der Waals surface area contributed by atoms with E-state index in [1.165, 1.54) is 6.07 Å². The van der Waals surface area contributed by atoms with Gasteiger partial charge in [-0.1, -0.05) is 0 Å². The number of ether oxygens (including phenoxy) is 1. The van der Waals surface area contributed by atoms with E-state index < -0.39 is 16.6 Å². The molecular formula is C12H15IN2O4. The minimum atomic E-state index is -0.597. The molecule has 1 aromatic rings. The zero-order valence-corrected chi connectivity index (χ0v) is 13.1. The maximum atomic E-state index is 11.5. The molecule has 0 aliphatic rings. The summed E-state index contributed by atoms with van der Waals surface area (Å²) in [6.07, 6.45) is -0.597. The van der Waals surface area contributed by atoms with Gasteiger partial charge < -0.3 is 10.1 Å².